The van der Waals surface area contributed by atoms with Gasteiger partial charge >= 0.3 is 0 Å². The molecule has 148 valence electrons. The van der Waals surface area contributed by atoms with Crippen molar-refractivity contribution in [2.45, 2.75) is 25.9 Å². The number of likely N-dealkylation sites (tertiary alicyclic amines) is 1. The van der Waals surface area contributed by atoms with Crippen LogP contribution in [-0.2, 0) is 13.1 Å². The van der Waals surface area contributed by atoms with Crippen molar-refractivity contribution >= 4 is 5.65 Å². The number of pyridine rings is 1. The monoisotopic (exact) mass is 390 g/mol. The number of fused-ring (bicyclic) bond motifs is 1. The highest BCUT2D eigenvalue weighted by Crippen LogP contribution is 2.20. The van der Waals surface area contributed by atoms with Gasteiger partial charge in [-0.3, -0.25) is 9.69 Å². The highest BCUT2D eigenvalue weighted by Gasteiger charge is 2.21. The van der Waals surface area contributed by atoms with Gasteiger partial charge in [-0.1, -0.05) is 6.07 Å². The van der Waals surface area contributed by atoms with Crippen LogP contribution in [0, 0.1) is 5.92 Å². The maximum atomic E-state index is 12.2. The van der Waals surface area contributed by atoms with E-state index >= 15 is 0 Å². The topological polar surface area (TPSA) is 86.1 Å². The predicted octanol–water partition coefficient (Wildman–Crippen LogP) is 1.38. The van der Waals surface area contributed by atoms with E-state index in [0.29, 0.717) is 18.3 Å². The van der Waals surface area contributed by atoms with Gasteiger partial charge in [0.2, 0.25) is 0 Å². The lowest BCUT2D eigenvalue weighted by Crippen LogP contribution is -2.36. The molecule has 9 heteroatoms. The normalized spacial score (nSPS) is 15.9. The third-order valence-electron chi connectivity index (χ3n) is 5.44. The van der Waals surface area contributed by atoms with Gasteiger partial charge in [0.25, 0.3) is 5.56 Å². The molecule has 0 aromatic carbocycles. The van der Waals surface area contributed by atoms with Gasteiger partial charge in [0.15, 0.2) is 5.82 Å². The molecule has 5 heterocycles. The Hall–Kier alpha value is -3.33. The third kappa shape index (κ3) is 3.81. The Morgan fingerprint density at radius 3 is 2.79 bits per heavy atom. The second-order valence-corrected chi connectivity index (χ2v) is 7.47. The summed E-state index contributed by atoms with van der Waals surface area (Å²) in [5, 5.41) is 8.54. The van der Waals surface area contributed by atoms with Crippen LogP contribution in [0.15, 0.2) is 60.2 Å². The molecule has 0 bridgehead atoms. The molecule has 4 aromatic heterocycles. The smallest absolute Gasteiger partial charge is 0.266 e. The first kappa shape index (κ1) is 17.7. The van der Waals surface area contributed by atoms with Crippen LogP contribution in [0.5, 0.6) is 0 Å². The summed E-state index contributed by atoms with van der Waals surface area (Å²) in [6.07, 6.45) is 9.23. The minimum absolute atomic E-state index is 0.0824. The fourth-order valence-electron chi connectivity index (χ4n) is 3.88. The molecule has 5 rings (SSSR count). The third-order valence-corrected chi connectivity index (χ3v) is 5.44. The highest BCUT2D eigenvalue weighted by atomic mass is 16.1. The van der Waals surface area contributed by atoms with Crippen molar-refractivity contribution in [1.82, 2.24) is 38.8 Å². The van der Waals surface area contributed by atoms with Crippen molar-refractivity contribution in [2.75, 3.05) is 13.1 Å². The Morgan fingerprint density at radius 1 is 1.10 bits per heavy atom. The average Bonchev–Trinajstić information content (AvgIpc) is 3.40. The number of rotatable bonds is 5. The second kappa shape index (κ2) is 7.59. The van der Waals surface area contributed by atoms with Crippen molar-refractivity contribution < 1.29 is 0 Å². The molecule has 29 heavy (non-hydrogen) atoms. The molecule has 0 aliphatic carbocycles. The van der Waals surface area contributed by atoms with Crippen molar-refractivity contribution in [3.05, 3.63) is 71.4 Å². The number of imidazole rings is 1. The Labute approximate surface area is 167 Å². The molecule has 1 aliphatic heterocycles. The largest absolute Gasteiger partial charge is 0.307 e. The van der Waals surface area contributed by atoms with Crippen molar-refractivity contribution in [3.63, 3.8) is 0 Å². The Morgan fingerprint density at radius 2 is 2.00 bits per heavy atom. The molecule has 9 nitrogen and oxygen atoms in total. The quantitative estimate of drug-likeness (QED) is 0.512. The average molecular weight is 390 g/mol. The summed E-state index contributed by atoms with van der Waals surface area (Å²) in [6, 6.07) is 9.25. The van der Waals surface area contributed by atoms with Gasteiger partial charge in [-0.05, 0) is 50.0 Å². The van der Waals surface area contributed by atoms with Crippen LogP contribution in [0.4, 0.5) is 0 Å². The first-order valence-electron chi connectivity index (χ1n) is 9.83. The molecule has 4 aromatic rings. The number of piperidine rings is 1. The van der Waals surface area contributed by atoms with Gasteiger partial charge in [0.05, 0.1) is 5.69 Å². The number of aromatic nitrogens is 7. The van der Waals surface area contributed by atoms with E-state index in [1.54, 1.807) is 27.8 Å². The second-order valence-electron chi connectivity index (χ2n) is 7.47. The lowest BCUT2D eigenvalue weighted by molar-refractivity contribution is 0.162. The summed E-state index contributed by atoms with van der Waals surface area (Å²) in [7, 11) is 0. The molecule has 0 spiro atoms. The van der Waals surface area contributed by atoms with Crippen LogP contribution in [0.3, 0.4) is 0 Å². The number of nitrogens with zero attached hydrogens (tertiary/aromatic N) is 8. The van der Waals surface area contributed by atoms with Crippen molar-refractivity contribution in [1.29, 1.82) is 0 Å². The molecule has 1 fully saturated rings. The zero-order valence-corrected chi connectivity index (χ0v) is 16.0. The lowest BCUT2D eigenvalue weighted by atomic mass is 9.97. The van der Waals surface area contributed by atoms with Crippen LogP contribution in [0.2, 0.25) is 0 Å². The van der Waals surface area contributed by atoms with Gasteiger partial charge in [0, 0.05) is 31.5 Å². The molecule has 0 radical (unpaired) electrons. The zero-order chi connectivity index (χ0) is 19.6. The molecule has 0 N–H and O–H groups in total. The van der Waals surface area contributed by atoms with Crippen LogP contribution in [-0.4, -0.2) is 51.9 Å². The molecule has 0 saturated carbocycles. The van der Waals surface area contributed by atoms with Crippen molar-refractivity contribution in [3.8, 4) is 5.82 Å². The molecular formula is C20H22N8O. The highest BCUT2D eigenvalue weighted by molar-refractivity contribution is 5.39. The maximum absolute atomic E-state index is 12.2. The van der Waals surface area contributed by atoms with E-state index < -0.39 is 0 Å². The molecule has 1 aliphatic rings. The molecule has 1 saturated heterocycles. The summed E-state index contributed by atoms with van der Waals surface area (Å²) in [5.41, 5.74) is 1.99. The van der Waals surface area contributed by atoms with Gasteiger partial charge < -0.3 is 4.40 Å². The van der Waals surface area contributed by atoms with E-state index in [0.717, 1.165) is 43.8 Å². The Balaban J connectivity index is 1.21. The first-order valence-corrected chi connectivity index (χ1v) is 9.83. The minimum atomic E-state index is -0.0824. The minimum Gasteiger partial charge on any atom is -0.307 e. The lowest BCUT2D eigenvalue weighted by Gasteiger charge is -2.31. The predicted molar refractivity (Wildman–Crippen MR) is 107 cm³/mol. The van der Waals surface area contributed by atoms with E-state index in [4.69, 9.17) is 4.98 Å². The van der Waals surface area contributed by atoms with Gasteiger partial charge in [0.1, 0.15) is 18.3 Å². The summed E-state index contributed by atoms with van der Waals surface area (Å²) in [4.78, 5) is 23.3. The number of hydrogen-bond acceptors (Lipinski definition) is 6. The molecular weight excluding hydrogens is 368 g/mol. The Kier molecular flexibility index (Phi) is 4.65. The van der Waals surface area contributed by atoms with Crippen molar-refractivity contribution in [2.24, 2.45) is 5.92 Å². The van der Waals surface area contributed by atoms with E-state index in [1.807, 2.05) is 24.4 Å². The van der Waals surface area contributed by atoms with Gasteiger partial charge in [-0.25, -0.2) is 19.3 Å². The van der Waals surface area contributed by atoms with E-state index in [2.05, 4.69) is 30.7 Å². The molecule has 0 amide bonds. The zero-order valence-electron chi connectivity index (χ0n) is 16.0. The van der Waals surface area contributed by atoms with E-state index in [-0.39, 0.29) is 5.56 Å². The van der Waals surface area contributed by atoms with Gasteiger partial charge in [-0.2, -0.15) is 5.10 Å². The SMILES string of the molecule is O=c1ccc(-n2cncn2)nn1CC1CCN(Cc2cn3ccccc3n2)CC1. The van der Waals surface area contributed by atoms with E-state index in [9.17, 15) is 4.79 Å². The summed E-state index contributed by atoms with van der Waals surface area (Å²) >= 11 is 0. The summed E-state index contributed by atoms with van der Waals surface area (Å²) in [5.74, 6) is 1.04. The maximum Gasteiger partial charge on any atom is 0.266 e. The number of hydrogen-bond donors (Lipinski definition) is 0. The van der Waals surface area contributed by atoms with Crippen LogP contribution in [0.25, 0.3) is 11.5 Å². The summed E-state index contributed by atoms with van der Waals surface area (Å²) < 4.78 is 5.18. The van der Waals surface area contributed by atoms with E-state index in [1.165, 1.54) is 6.33 Å². The molecule has 0 unspecified atom stereocenters. The standard InChI is InChI=1S/C20H22N8O/c29-20-5-4-19(28-15-21-14-22-28)24-27(20)11-16-6-9-25(10-7-16)12-17-13-26-8-2-1-3-18(26)23-17/h1-5,8,13-16H,6-7,9-12H2. The fourth-order valence-corrected chi connectivity index (χ4v) is 3.88. The van der Waals surface area contributed by atoms with Crippen LogP contribution >= 0.6 is 0 Å². The van der Waals surface area contributed by atoms with Crippen LogP contribution in [0.1, 0.15) is 18.5 Å². The summed E-state index contributed by atoms with van der Waals surface area (Å²) in [6.45, 7) is 3.48. The molecule has 0 atom stereocenters. The van der Waals surface area contributed by atoms with Crippen LogP contribution < -0.4 is 5.56 Å². The fraction of sp³-hybridized carbons (Fsp3) is 0.350. The Bertz CT molecular complexity index is 1120. The van der Waals surface area contributed by atoms with Gasteiger partial charge in [-0.15, -0.1) is 5.10 Å². The first-order chi connectivity index (χ1) is 14.2.